The van der Waals surface area contributed by atoms with Gasteiger partial charge < -0.3 is 10.1 Å². The minimum absolute atomic E-state index is 0.257. The summed E-state index contributed by atoms with van der Waals surface area (Å²) in [7, 11) is 1.54. The highest BCUT2D eigenvalue weighted by Gasteiger charge is 2.07. The van der Waals surface area contributed by atoms with Gasteiger partial charge in [0.05, 0.1) is 12.8 Å². The van der Waals surface area contributed by atoms with Crippen LogP contribution >= 0.6 is 0 Å². The van der Waals surface area contributed by atoms with Crippen LogP contribution in [0.25, 0.3) is 0 Å². The van der Waals surface area contributed by atoms with E-state index in [0.29, 0.717) is 19.1 Å². The smallest absolute Gasteiger partial charge is 0.249 e. The van der Waals surface area contributed by atoms with Gasteiger partial charge in [-0.05, 0) is 17.0 Å². The van der Waals surface area contributed by atoms with Gasteiger partial charge in [0.15, 0.2) is 0 Å². The van der Waals surface area contributed by atoms with Crippen LogP contribution in [0.4, 0.5) is 0 Å². The van der Waals surface area contributed by atoms with E-state index in [4.69, 9.17) is 4.74 Å². The standard InChI is InChI=1S/C16H23N3O3/c1-12(2)14-6-4-13(5-7-14)11-18-19-16(21)10-15(20)17-8-9-22-3/h4-7,11-12H,8-10H2,1-3H3,(H,17,20)(H,19,21). The average Bonchev–Trinajstić information content (AvgIpc) is 2.48. The van der Waals surface area contributed by atoms with Crippen molar-refractivity contribution in [2.75, 3.05) is 20.3 Å². The van der Waals surface area contributed by atoms with Crippen LogP contribution in [0.2, 0.25) is 0 Å². The number of hydrazone groups is 1. The minimum atomic E-state index is -0.454. The number of benzene rings is 1. The van der Waals surface area contributed by atoms with E-state index in [1.54, 1.807) is 13.3 Å². The second-order valence-electron chi connectivity index (χ2n) is 5.13. The predicted molar refractivity (Wildman–Crippen MR) is 85.8 cm³/mol. The molecule has 6 heteroatoms. The van der Waals surface area contributed by atoms with E-state index in [9.17, 15) is 9.59 Å². The lowest BCUT2D eigenvalue weighted by molar-refractivity contribution is -0.129. The van der Waals surface area contributed by atoms with Gasteiger partial charge in [0, 0.05) is 13.7 Å². The van der Waals surface area contributed by atoms with Gasteiger partial charge in [-0.1, -0.05) is 38.1 Å². The molecule has 0 aromatic heterocycles. The molecule has 6 nitrogen and oxygen atoms in total. The highest BCUT2D eigenvalue weighted by atomic mass is 16.5. The highest BCUT2D eigenvalue weighted by Crippen LogP contribution is 2.13. The second-order valence-corrected chi connectivity index (χ2v) is 5.13. The van der Waals surface area contributed by atoms with Gasteiger partial charge in [-0.15, -0.1) is 0 Å². The lowest BCUT2D eigenvalue weighted by Gasteiger charge is -2.04. The van der Waals surface area contributed by atoms with E-state index >= 15 is 0 Å². The molecular weight excluding hydrogens is 282 g/mol. The van der Waals surface area contributed by atoms with Crippen molar-refractivity contribution in [2.45, 2.75) is 26.2 Å². The summed E-state index contributed by atoms with van der Waals surface area (Å²) in [6.07, 6.45) is 1.29. The maximum atomic E-state index is 11.5. The zero-order valence-electron chi connectivity index (χ0n) is 13.3. The number of rotatable bonds is 8. The summed E-state index contributed by atoms with van der Waals surface area (Å²) in [5.41, 5.74) is 4.46. The zero-order valence-corrected chi connectivity index (χ0v) is 13.3. The third-order valence-corrected chi connectivity index (χ3v) is 2.96. The highest BCUT2D eigenvalue weighted by molar-refractivity contribution is 5.97. The molecule has 0 aliphatic carbocycles. The van der Waals surface area contributed by atoms with Gasteiger partial charge in [0.2, 0.25) is 11.8 Å². The van der Waals surface area contributed by atoms with Gasteiger partial charge in [-0.25, -0.2) is 5.43 Å². The van der Waals surface area contributed by atoms with Gasteiger partial charge in [0.1, 0.15) is 6.42 Å². The van der Waals surface area contributed by atoms with Gasteiger partial charge in [0.25, 0.3) is 0 Å². The number of methoxy groups -OCH3 is 1. The Morgan fingerprint density at radius 3 is 2.50 bits per heavy atom. The zero-order chi connectivity index (χ0) is 16.4. The Balaban J connectivity index is 2.35. The van der Waals surface area contributed by atoms with Crippen LogP contribution in [-0.2, 0) is 14.3 Å². The summed E-state index contributed by atoms with van der Waals surface area (Å²) in [6.45, 7) is 5.05. The number of nitrogens with zero attached hydrogens (tertiary/aromatic N) is 1. The van der Waals surface area contributed by atoms with Crippen LogP contribution in [0.1, 0.15) is 37.3 Å². The molecule has 2 N–H and O–H groups in total. The molecule has 0 radical (unpaired) electrons. The van der Waals surface area contributed by atoms with Crippen molar-refractivity contribution in [1.82, 2.24) is 10.7 Å². The Kier molecular flexibility index (Phi) is 7.85. The van der Waals surface area contributed by atoms with E-state index in [1.165, 1.54) is 5.56 Å². The topological polar surface area (TPSA) is 79.8 Å². The Bertz CT molecular complexity index is 510. The molecule has 0 aliphatic rings. The molecule has 1 aromatic carbocycles. The summed E-state index contributed by atoms with van der Waals surface area (Å²) >= 11 is 0. The van der Waals surface area contributed by atoms with Crippen molar-refractivity contribution in [3.8, 4) is 0 Å². The lowest BCUT2D eigenvalue weighted by atomic mass is 10.0. The van der Waals surface area contributed by atoms with Crippen molar-refractivity contribution >= 4 is 18.0 Å². The van der Waals surface area contributed by atoms with Gasteiger partial charge in [-0.3, -0.25) is 9.59 Å². The Morgan fingerprint density at radius 1 is 1.23 bits per heavy atom. The molecule has 0 saturated heterocycles. The van der Waals surface area contributed by atoms with E-state index in [0.717, 1.165) is 5.56 Å². The molecule has 1 rings (SSSR count). The molecule has 0 spiro atoms. The van der Waals surface area contributed by atoms with E-state index in [2.05, 4.69) is 29.7 Å². The van der Waals surface area contributed by atoms with Crippen LogP contribution in [0.5, 0.6) is 0 Å². The van der Waals surface area contributed by atoms with Gasteiger partial charge >= 0.3 is 0 Å². The first-order valence-corrected chi connectivity index (χ1v) is 7.20. The molecule has 0 atom stereocenters. The first-order valence-electron chi connectivity index (χ1n) is 7.20. The molecule has 0 heterocycles. The maximum absolute atomic E-state index is 11.5. The second kappa shape index (κ2) is 9.68. The Labute approximate surface area is 130 Å². The number of hydrogen-bond donors (Lipinski definition) is 2. The first-order chi connectivity index (χ1) is 10.5. The fraction of sp³-hybridized carbons (Fsp3) is 0.438. The first kappa shape index (κ1) is 17.8. The van der Waals surface area contributed by atoms with Crippen molar-refractivity contribution in [3.05, 3.63) is 35.4 Å². The minimum Gasteiger partial charge on any atom is -0.383 e. The largest absolute Gasteiger partial charge is 0.383 e. The molecule has 0 unspecified atom stereocenters. The molecule has 0 saturated carbocycles. The van der Waals surface area contributed by atoms with Crippen LogP contribution in [-0.4, -0.2) is 38.3 Å². The molecule has 0 fully saturated rings. The van der Waals surface area contributed by atoms with Crippen LogP contribution in [0.3, 0.4) is 0 Å². The fourth-order valence-corrected chi connectivity index (χ4v) is 1.69. The van der Waals surface area contributed by atoms with Crippen LogP contribution in [0.15, 0.2) is 29.4 Å². The maximum Gasteiger partial charge on any atom is 0.249 e. The Morgan fingerprint density at radius 2 is 1.91 bits per heavy atom. The average molecular weight is 305 g/mol. The van der Waals surface area contributed by atoms with Crippen molar-refractivity contribution in [2.24, 2.45) is 5.10 Å². The molecule has 0 bridgehead atoms. The quantitative estimate of drug-likeness (QED) is 0.330. The van der Waals surface area contributed by atoms with Crippen LogP contribution < -0.4 is 10.7 Å². The van der Waals surface area contributed by atoms with Crippen LogP contribution in [0, 0.1) is 0 Å². The third kappa shape index (κ3) is 6.99. The summed E-state index contributed by atoms with van der Waals surface area (Å²) in [4.78, 5) is 22.9. The number of amides is 2. The molecule has 2 amide bonds. The van der Waals surface area contributed by atoms with E-state index in [1.807, 2.05) is 24.3 Å². The molecule has 0 aliphatic heterocycles. The molecule has 22 heavy (non-hydrogen) atoms. The van der Waals surface area contributed by atoms with Crippen molar-refractivity contribution in [1.29, 1.82) is 0 Å². The summed E-state index contributed by atoms with van der Waals surface area (Å²) in [5.74, 6) is -0.335. The summed E-state index contributed by atoms with van der Waals surface area (Å²) in [5, 5.41) is 6.40. The van der Waals surface area contributed by atoms with Crippen molar-refractivity contribution in [3.63, 3.8) is 0 Å². The monoisotopic (exact) mass is 305 g/mol. The Hall–Kier alpha value is -2.21. The van der Waals surface area contributed by atoms with E-state index in [-0.39, 0.29) is 12.3 Å². The number of nitrogens with one attached hydrogen (secondary N) is 2. The summed E-state index contributed by atoms with van der Waals surface area (Å²) in [6, 6.07) is 7.92. The SMILES string of the molecule is COCCNC(=O)CC(=O)NN=Cc1ccc(C(C)C)cc1. The van der Waals surface area contributed by atoms with E-state index < -0.39 is 5.91 Å². The number of carbonyl (C=O) groups excluding carboxylic acids is 2. The van der Waals surface area contributed by atoms with Gasteiger partial charge in [-0.2, -0.15) is 5.10 Å². The predicted octanol–water partition coefficient (Wildman–Crippen LogP) is 1.41. The lowest BCUT2D eigenvalue weighted by Crippen LogP contribution is -2.31. The van der Waals surface area contributed by atoms with Crippen molar-refractivity contribution < 1.29 is 14.3 Å². The number of carbonyl (C=O) groups is 2. The summed E-state index contributed by atoms with van der Waals surface area (Å²) < 4.78 is 4.80. The molecule has 120 valence electrons. The molecule has 1 aromatic rings. The third-order valence-electron chi connectivity index (χ3n) is 2.96. The number of ether oxygens (including phenoxy) is 1. The fourth-order valence-electron chi connectivity index (χ4n) is 1.69. The normalized spacial score (nSPS) is 10.9. The molecular formula is C16H23N3O3. The number of hydrogen-bond acceptors (Lipinski definition) is 4.